The molecule has 0 atom stereocenters. The number of carbonyl (C=O) groups excluding carboxylic acids is 1. The molecule has 1 aliphatic heterocycles. The first-order valence-corrected chi connectivity index (χ1v) is 7.00. The number of hydrogen-bond donors (Lipinski definition) is 2. The highest BCUT2D eigenvalue weighted by molar-refractivity contribution is 6.28. The van der Waals surface area contributed by atoms with Crippen LogP contribution >= 0.6 is 0 Å². The number of hydrogen-bond acceptors (Lipinski definition) is 8. The molecule has 0 aromatic carbocycles. The van der Waals surface area contributed by atoms with Crippen LogP contribution in [0.5, 0.6) is 0 Å². The van der Waals surface area contributed by atoms with Crippen molar-refractivity contribution in [3.8, 4) is 24.3 Å². The smallest absolute Gasteiger partial charge is 0.436 e. The van der Waals surface area contributed by atoms with Crippen LogP contribution in [0.1, 0.15) is 25.2 Å². The molecular weight excluding hydrogens is 316 g/mol. The van der Waals surface area contributed by atoms with Gasteiger partial charge in [0.1, 0.15) is 0 Å². The van der Waals surface area contributed by atoms with E-state index < -0.39 is 11.9 Å². The van der Waals surface area contributed by atoms with E-state index in [-0.39, 0.29) is 18.4 Å². The zero-order valence-corrected chi connectivity index (χ0v) is 12.6. The summed E-state index contributed by atoms with van der Waals surface area (Å²) in [7, 11) is 0. The van der Waals surface area contributed by atoms with Gasteiger partial charge in [-0.3, -0.25) is 5.32 Å². The molecule has 0 saturated heterocycles. The van der Waals surface area contributed by atoms with E-state index >= 15 is 0 Å². The van der Waals surface area contributed by atoms with E-state index in [1.54, 1.807) is 0 Å². The van der Waals surface area contributed by atoms with E-state index in [1.165, 1.54) is 5.06 Å². The van der Waals surface area contributed by atoms with E-state index in [9.17, 15) is 9.59 Å². The molecule has 0 fully saturated rings. The molecule has 1 aromatic rings. The number of aliphatic carboxylic acids is 1. The Morgan fingerprint density at radius 3 is 3.08 bits per heavy atom. The zero-order chi connectivity index (χ0) is 17.4. The molecule has 9 nitrogen and oxygen atoms in total. The lowest BCUT2D eigenvalue weighted by atomic mass is 10.1. The molecule has 124 valence electrons. The van der Waals surface area contributed by atoms with Crippen molar-refractivity contribution in [1.29, 1.82) is 0 Å². The first kappa shape index (κ1) is 17.1. The van der Waals surface area contributed by atoms with Crippen LogP contribution in [0.4, 0.5) is 5.95 Å². The number of anilines is 1. The fourth-order valence-electron chi connectivity index (χ4n) is 1.81. The highest BCUT2D eigenvalue weighted by atomic mass is 16.7. The highest BCUT2D eigenvalue weighted by Crippen LogP contribution is 2.20. The first-order valence-electron chi connectivity index (χ1n) is 7.00. The van der Waals surface area contributed by atoms with Gasteiger partial charge in [0.25, 0.3) is 11.8 Å². The SMILES string of the molecule is C#CCCC#CNc1noc(C2=CCCN(OC(=O)C(=O)O)C2)n1. The number of terminal acetylenes is 1. The van der Waals surface area contributed by atoms with Gasteiger partial charge in [0.05, 0.1) is 6.54 Å². The minimum absolute atomic E-state index is 0.147. The van der Waals surface area contributed by atoms with E-state index in [2.05, 4.69) is 33.3 Å². The van der Waals surface area contributed by atoms with Crippen LogP contribution in [-0.2, 0) is 14.4 Å². The van der Waals surface area contributed by atoms with Crippen LogP contribution in [-0.4, -0.2) is 45.3 Å². The summed E-state index contributed by atoms with van der Waals surface area (Å²) < 4.78 is 5.11. The second kappa shape index (κ2) is 8.36. The first-order chi connectivity index (χ1) is 11.6. The molecule has 2 heterocycles. The van der Waals surface area contributed by atoms with E-state index in [1.807, 2.05) is 6.08 Å². The maximum atomic E-state index is 11.1. The van der Waals surface area contributed by atoms with Crippen molar-refractivity contribution in [3.63, 3.8) is 0 Å². The van der Waals surface area contributed by atoms with Crippen LogP contribution in [0.25, 0.3) is 5.57 Å². The Balaban J connectivity index is 1.93. The van der Waals surface area contributed by atoms with Gasteiger partial charge < -0.3 is 14.5 Å². The number of unbranched alkanes of at least 4 members (excludes halogenated alkanes) is 1. The number of carbonyl (C=O) groups is 2. The van der Waals surface area contributed by atoms with Gasteiger partial charge in [-0.05, 0) is 11.6 Å². The summed E-state index contributed by atoms with van der Waals surface area (Å²) in [6.07, 6.45) is 8.62. The monoisotopic (exact) mass is 330 g/mol. The number of carboxylic acids is 1. The lowest BCUT2D eigenvalue weighted by molar-refractivity contribution is -0.195. The maximum Gasteiger partial charge on any atom is 0.436 e. The van der Waals surface area contributed by atoms with Gasteiger partial charge in [0, 0.05) is 31.0 Å². The lowest BCUT2D eigenvalue weighted by Crippen LogP contribution is -2.34. The molecule has 0 bridgehead atoms. The summed E-state index contributed by atoms with van der Waals surface area (Å²) in [6, 6.07) is 2.66. The Kier molecular flexibility index (Phi) is 5.95. The fourth-order valence-corrected chi connectivity index (χ4v) is 1.81. The Morgan fingerprint density at radius 1 is 1.50 bits per heavy atom. The van der Waals surface area contributed by atoms with Crippen molar-refractivity contribution >= 4 is 23.5 Å². The minimum Gasteiger partial charge on any atom is -0.473 e. The van der Waals surface area contributed by atoms with Gasteiger partial charge in [0.2, 0.25) is 0 Å². The Bertz CT molecular complexity index is 750. The van der Waals surface area contributed by atoms with Crippen LogP contribution in [0.2, 0.25) is 0 Å². The van der Waals surface area contributed by atoms with Crippen molar-refractivity contribution in [3.05, 3.63) is 12.0 Å². The quantitative estimate of drug-likeness (QED) is 0.352. The van der Waals surface area contributed by atoms with Gasteiger partial charge in [-0.15, -0.1) is 17.4 Å². The summed E-state index contributed by atoms with van der Waals surface area (Å²) in [6.45, 7) is 0.525. The van der Waals surface area contributed by atoms with Crippen molar-refractivity contribution in [2.45, 2.75) is 19.3 Å². The van der Waals surface area contributed by atoms with Crippen LogP contribution < -0.4 is 5.32 Å². The number of carboxylic acid groups (broad SMARTS) is 1. The van der Waals surface area contributed by atoms with Gasteiger partial charge >= 0.3 is 11.9 Å². The van der Waals surface area contributed by atoms with Gasteiger partial charge in [0.15, 0.2) is 0 Å². The molecule has 1 aromatic heterocycles. The lowest BCUT2D eigenvalue weighted by Gasteiger charge is -2.23. The largest absolute Gasteiger partial charge is 0.473 e. The van der Waals surface area contributed by atoms with Gasteiger partial charge in [-0.25, -0.2) is 9.59 Å². The molecule has 2 rings (SSSR count). The van der Waals surface area contributed by atoms with E-state index in [0.29, 0.717) is 31.4 Å². The molecular formula is C15H14N4O5. The summed E-state index contributed by atoms with van der Waals surface area (Å²) in [5, 5.41) is 16.2. The number of nitrogens with zero attached hydrogens (tertiary/aromatic N) is 3. The predicted octanol–water partition coefficient (Wildman–Crippen LogP) is 0.488. The van der Waals surface area contributed by atoms with Crippen LogP contribution in [0.15, 0.2) is 10.6 Å². The summed E-state index contributed by atoms with van der Waals surface area (Å²) >= 11 is 0. The van der Waals surface area contributed by atoms with Crippen molar-refractivity contribution in [1.82, 2.24) is 15.2 Å². The normalized spacial score (nSPS) is 13.9. The molecule has 0 radical (unpaired) electrons. The average Bonchev–Trinajstić information content (AvgIpc) is 3.04. The topological polar surface area (TPSA) is 118 Å². The maximum absolute atomic E-state index is 11.1. The third-order valence-electron chi connectivity index (χ3n) is 2.86. The van der Waals surface area contributed by atoms with Gasteiger partial charge in [-0.1, -0.05) is 12.0 Å². The zero-order valence-electron chi connectivity index (χ0n) is 12.6. The summed E-state index contributed by atoms with van der Waals surface area (Å²) in [5.41, 5.74) is 0.625. The predicted molar refractivity (Wildman–Crippen MR) is 81.7 cm³/mol. The van der Waals surface area contributed by atoms with Crippen molar-refractivity contribution in [2.75, 3.05) is 18.4 Å². The number of nitrogens with one attached hydrogen (secondary N) is 1. The van der Waals surface area contributed by atoms with E-state index in [4.69, 9.17) is 20.9 Å². The molecule has 1 aliphatic rings. The molecule has 2 N–H and O–H groups in total. The van der Waals surface area contributed by atoms with Crippen LogP contribution in [0, 0.1) is 24.3 Å². The molecule has 0 spiro atoms. The number of aromatic nitrogens is 2. The molecule has 0 saturated carbocycles. The molecule has 0 aliphatic carbocycles. The van der Waals surface area contributed by atoms with Crippen molar-refractivity contribution in [2.24, 2.45) is 0 Å². The standard InChI is InChI=1S/C15H14N4O5/c1-2-3-4-5-8-16-15-17-12(23-18-15)11-7-6-9-19(10-11)24-14(22)13(20)21/h1,7H,3-4,6,9-10H2,(H,16,18)(H,20,21). The fraction of sp³-hybridized carbons (Fsp3) is 0.333. The summed E-state index contributed by atoms with van der Waals surface area (Å²) in [4.78, 5) is 30.4. The Labute approximate surface area is 137 Å². The minimum atomic E-state index is -1.65. The average molecular weight is 330 g/mol. The van der Waals surface area contributed by atoms with Gasteiger partial charge in [-0.2, -0.15) is 4.98 Å². The molecule has 0 amide bonds. The Morgan fingerprint density at radius 2 is 2.33 bits per heavy atom. The second-order valence-electron chi connectivity index (χ2n) is 4.62. The van der Waals surface area contributed by atoms with Crippen molar-refractivity contribution < 1.29 is 24.1 Å². The second-order valence-corrected chi connectivity index (χ2v) is 4.62. The van der Waals surface area contributed by atoms with Crippen LogP contribution in [0.3, 0.4) is 0 Å². The third-order valence-corrected chi connectivity index (χ3v) is 2.86. The molecule has 0 unspecified atom stereocenters. The highest BCUT2D eigenvalue weighted by Gasteiger charge is 2.24. The molecule has 9 heteroatoms. The molecule has 24 heavy (non-hydrogen) atoms. The van der Waals surface area contributed by atoms with E-state index in [0.717, 1.165) is 0 Å². The summed E-state index contributed by atoms with van der Waals surface area (Å²) in [5.74, 6) is 2.71. The number of hydroxylamine groups is 2. The third kappa shape index (κ3) is 4.87. The number of rotatable bonds is 4. The Hall–Kier alpha value is -3.30.